The highest BCUT2D eigenvalue weighted by atomic mass is 16.5. The van der Waals surface area contributed by atoms with Gasteiger partial charge in [-0.3, -0.25) is 4.79 Å². The van der Waals surface area contributed by atoms with Crippen LogP contribution in [0.25, 0.3) is 6.08 Å². The Kier molecular flexibility index (Phi) is 5.78. The second-order valence-electron chi connectivity index (χ2n) is 4.60. The van der Waals surface area contributed by atoms with Gasteiger partial charge in [0.2, 0.25) is 0 Å². The minimum Gasteiger partial charge on any atom is -0.493 e. The zero-order valence-electron chi connectivity index (χ0n) is 12.9. The lowest BCUT2D eigenvalue weighted by Gasteiger charge is -2.12. The molecule has 0 spiro atoms. The average molecular weight is 296 g/mol. The lowest BCUT2D eigenvalue weighted by Crippen LogP contribution is -1.99. The third-order valence-corrected chi connectivity index (χ3v) is 3.09. The third kappa shape index (κ3) is 3.98. The van der Waals surface area contributed by atoms with Gasteiger partial charge in [0, 0.05) is 5.56 Å². The summed E-state index contributed by atoms with van der Waals surface area (Å²) < 4.78 is 11.2. The zero-order valence-corrected chi connectivity index (χ0v) is 12.9. The van der Waals surface area contributed by atoms with Crippen LogP contribution >= 0.6 is 0 Å². The van der Waals surface area contributed by atoms with E-state index in [1.54, 1.807) is 24.3 Å². The lowest BCUT2D eigenvalue weighted by atomic mass is 10.1. The number of ether oxygens (including phenoxy) is 2. The first kappa shape index (κ1) is 15.8. The molecule has 2 aromatic rings. The highest BCUT2D eigenvalue weighted by Crippen LogP contribution is 2.30. The van der Waals surface area contributed by atoms with Gasteiger partial charge in [-0.1, -0.05) is 36.4 Å². The monoisotopic (exact) mass is 296 g/mol. The summed E-state index contributed by atoms with van der Waals surface area (Å²) in [7, 11) is 0. The van der Waals surface area contributed by atoms with Gasteiger partial charge in [0.05, 0.1) is 18.8 Å². The van der Waals surface area contributed by atoms with Crippen molar-refractivity contribution in [3.63, 3.8) is 0 Å². The first-order valence-electron chi connectivity index (χ1n) is 7.42. The quantitative estimate of drug-likeness (QED) is 0.562. The SMILES string of the molecule is CCOc1cccc(OCC)c1/C=C/C(=O)c1ccccc1. The molecular weight excluding hydrogens is 276 g/mol. The van der Waals surface area contributed by atoms with Crippen molar-refractivity contribution in [1.29, 1.82) is 0 Å². The molecule has 0 unspecified atom stereocenters. The molecule has 0 radical (unpaired) electrons. The molecule has 0 N–H and O–H groups in total. The van der Waals surface area contributed by atoms with E-state index in [1.165, 1.54) is 0 Å². The largest absolute Gasteiger partial charge is 0.493 e. The highest BCUT2D eigenvalue weighted by Gasteiger charge is 2.09. The van der Waals surface area contributed by atoms with Crippen molar-refractivity contribution in [2.24, 2.45) is 0 Å². The molecule has 0 aliphatic carbocycles. The second kappa shape index (κ2) is 8.03. The Hall–Kier alpha value is -2.55. The summed E-state index contributed by atoms with van der Waals surface area (Å²) in [6, 6.07) is 14.8. The van der Waals surface area contributed by atoms with Crippen LogP contribution in [-0.2, 0) is 0 Å². The number of hydrogen-bond acceptors (Lipinski definition) is 3. The summed E-state index contributed by atoms with van der Waals surface area (Å²) >= 11 is 0. The minimum absolute atomic E-state index is 0.0469. The molecule has 0 fully saturated rings. The predicted octanol–water partition coefficient (Wildman–Crippen LogP) is 4.38. The van der Waals surface area contributed by atoms with E-state index in [2.05, 4.69) is 0 Å². The molecule has 22 heavy (non-hydrogen) atoms. The first-order chi connectivity index (χ1) is 10.8. The lowest BCUT2D eigenvalue weighted by molar-refractivity contribution is 0.104. The average Bonchev–Trinajstić information content (AvgIpc) is 2.55. The van der Waals surface area contributed by atoms with Crippen LogP contribution in [-0.4, -0.2) is 19.0 Å². The summed E-state index contributed by atoms with van der Waals surface area (Å²) in [5, 5.41) is 0. The predicted molar refractivity (Wildman–Crippen MR) is 88.6 cm³/mol. The van der Waals surface area contributed by atoms with Gasteiger partial charge in [-0.05, 0) is 38.1 Å². The van der Waals surface area contributed by atoms with Crippen LogP contribution in [0.4, 0.5) is 0 Å². The maximum atomic E-state index is 12.2. The summed E-state index contributed by atoms with van der Waals surface area (Å²) in [6.45, 7) is 4.97. The van der Waals surface area contributed by atoms with Crippen LogP contribution in [0.5, 0.6) is 11.5 Å². The van der Waals surface area contributed by atoms with E-state index in [0.29, 0.717) is 30.3 Å². The molecule has 0 atom stereocenters. The number of carbonyl (C=O) groups is 1. The molecule has 0 aliphatic heterocycles. The minimum atomic E-state index is -0.0469. The van der Waals surface area contributed by atoms with Crippen molar-refractivity contribution in [3.05, 3.63) is 65.7 Å². The van der Waals surface area contributed by atoms with Gasteiger partial charge in [0.15, 0.2) is 5.78 Å². The second-order valence-corrected chi connectivity index (χ2v) is 4.60. The number of allylic oxidation sites excluding steroid dienone is 1. The Bertz CT molecular complexity index is 621. The maximum Gasteiger partial charge on any atom is 0.185 e. The molecule has 3 nitrogen and oxygen atoms in total. The molecule has 0 amide bonds. The van der Waals surface area contributed by atoms with Crippen molar-refractivity contribution < 1.29 is 14.3 Å². The molecule has 2 rings (SSSR count). The standard InChI is InChI=1S/C19H20O3/c1-3-21-18-11-8-12-19(22-4-2)16(18)13-14-17(20)15-9-6-5-7-10-15/h5-14H,3-4H2,1-2H3/b14-13+. The Morgan fingerprint density at radius 3 is 2.05 bits per heavy atom. The number of carbonyl (C=O) groups excluding carboxylic acids is 1. The van der Waals surface area contributed by atoms with Crippen LogP contribution in [0, 0.1) is 0 Å². The zero-order chi connectivity index (χ0) is 15.8. The molecule has 114 valence electrons. The molecule has 0 heterocycles. The van der Waals surface area contributed by atoms with E-state index in [1.807, 2.05) is 50.2 Å². The van der Waals surface area contributed by atoms with Gasteiger partial charge in [0.1, 0.15) is 11.5 Å². The number of rotatable bonds is 7. The Morgan fingerprint density at radius 2 is 1.50 bits per heavy atom. The molecule has 2 aromatic carbocycles. The van der Waals surface area contributed by atoms with Crippen LogP contribution in [0.3, 0.4) is 0 Å². The molecule has 0 aromatic heterocycles. The van der Waals surface area contributed by atoms with Crippen LogP contribution in [0.1, 0.15) is 29.8 Å². The van der Waals surface area contributed by atoms with Crippen LogP contribution in [0.15, 0.2) is 54.6 Å². The van der Waals surface area contributed by atoms with Crippen LogP contribution in [0.2, 0.25) is 0 Å². The van der Waals surface area contributed by atoms with E-state index in [9.17, 15) is 4.79 Å². The van der Waals surface area contributed by atoms with E-state index in [-0.39, 0.29) is 5.78 Å². The van der Waals surface area contributed by atoms with Crippen molar-refractivity contribution >= 4 is 11.9 Å². The van der Waals surface area contributed by atoms with Gasteiger partial charge in [-0.2, -0.15) is 0 Å². The fourth-order valence-corrected chi connectivity index (χ4v) is 2.11. The van der Waals surface area contributed by atoms with Crippen molar-refractivity contribution in [2.45, 2.75) is 13.8 Å². The Morgan fingerprint density at radius 1 is 0.909 bits per heavy atom. The van der Waals surface area contributed by atoms with Crippen LogP contribution < -0.4 is 9.47 Å². The van der Waals surface area contributed by atoms with Crippen molar-refractivity contribution in [3.8, 4) is 11.5 Å². The molecule has 0 saturated carbocycles. The van der Waals surface area contributed by atoms with Crippen molar-refractivity contribution in [2.75, 3.05) is 13.2 Å². The van der Waals surface area contributed by atoms with Gasteiger partial charge >= 0.3 is 0 Å². The summed E-state index contributed by atoms with van der Waals surface area (Å²) in [6.07, 6.45) is 3.31. The van der Waals surface area contributed by atoms with Gasteiger partial charge in [-0.25, -0.2) is 0 Å². The van der Waals surface area contributed by atoms with Gasteiger partial charge in [0.25, 0.3) is 0 Å². The number of hydrogen-bond donors (Lipinski definition) is 0. The molecule has 3 heteroatoms. The summed E-state index contributed by atoms with van der Waals surface area (Å²) in [5.41, 5.74) is 1.45. The number of benzene rings is 2. The van der Waals surface area contributed by atoms with E-state index >= 15 is 0 Å². The molecule has 0 aliphatic rings. The fourth-order valence-electron chi connectivity index (χ4n) is 2.11. The fraction of sp³-hybridized carbons (Fsp3) is 0.211. The first-order valence-corrected chi connectivity index (χ1v) is 7.42. The highest BCUT2D eigenvalue weighted by molar-refractivity contribution is 6.07. The third-order valence-electron chi connectivity index (χ3n) is 3.09. The smallest absolute Gasteiger partial charge is 0.185 e. The Labute approximate surface area is 131 Å². The summed E-state index contributed by atoms with van der Waals surface area (Å²) in [4.78, 5) is 12.2. The molecule has 0 saturated heterocycles. The van der Waals surface area contributed by atoms with E-state index < -0.39 is 0 Å². The Balaban J connectivity index is 2.30. The van der Waals surface area contributed by atoms with Gasteiger partial charge < -0.3 is 9.47 Å². The maximum absolute atomic E-state index is 12.2. The van der Waals surface area contributed by atoms with Gasteiger partial charge in [-0.15, -0.1) is 0 Å². The van der Waals surface area contributed by atoms with E-state index in [4.69, 9.17) is 9.47 Å². The van der Waals surface area contributed by atoms with Crippen molar-refractivity contribution in [1.82, 2.24) is 0 Å². The normalized spacial score (nSPS) is 10.6. The molecule has 0 bridgehead atoms. The number of ketones is 1. The molecular formula is C19H20O3. The summed E-state index contributed by atoms with van der Waals surface area (Å²) in [5.74, 6) is 1.38. The topological polar surface area (TPSA) is 35.5 Å². The van der Waals surface area contributed by atoms with E-state index in [0.717, 1.165) is 5.56 Å².